The smallest absolute Gasteiger partial charge is 0.337 e. The van der Waals surface area contributed by atoms with Crippen LogP contribution >= 0.6 is 12.2 Å². The number of aryl methyl sites for hydroxylation is 1. The number of ether oxygens (including phenoxy) is 1. The van der Waals surface area contributed by atoms with Crippen LogP contribution in [0.2, 0.25) is 0 Å². The first kappa shape index (κ1) is 22.3. The average molecular weight is 439 g/mol. The Labute approximate surface area is 187 Å². The van der Waals surface area contributed by atoms with Gasteiger partial charge in [-0.25, -0.2) is 9.59 Å². The zero-order valence-electron chi connectivity index (χ0n) is 18.0. The van der Waals surface area contributed by atoms with Gasteiger partial charge in [-0.15, -0.1) is 0 Å². The maximum absolute atomic E-state index is 12.4. The highest BCUT2D eigenvalue weighted by Gasteiger charge is 2.33. The zero-order chi connectivity index (χ0) is 22.5. The molecule has 1 heterocycles. The Bertz CT molecular complexity index is 1020. The molecule has 8 heteroatoms. The number of esters is 1. The number of thiocarbonyl (C=S) groups is 1. The highest BCUT2D eigenvalue weighted by Crippen LogP contribution is 2.31. The predicted molar refractivity (Wildman–Crippen MR) is 126 cm³/mol. The van der Waals surface area contributed by atoms with Crippen molar-refractivity contribution in [2.45, 2.75) is 26.3 Å². The molecule has 1 unspecified atom stereocenters. The summed E-state index contributed by atoms with van der Waals surface area (Å²) in [6.07, 6.45) is 0.947. The topological polar surface area (TPSA) is 82.7 Å². The Balaban J connectivity index is 1.73. The molecule has 0 saturated heterocycles. The van der Waals surface area contributed by atoms with Crippen molar-refractivity contribution in [3.8, 4) is 0 Å². The molecule has 0 saturated carbocycles. The van der Waals surface area contributed by atoms with Gasteiger partial charge in [-0.05, 0) is 61.0 Å². The zero-order valence-corrected chi connectivity index (χ0v) is 18.8. The lowest BCUT2D eigenvalue weighted by Crippen LogP contribution is -2.46. The Hall–Kier alpha value is -3.39. The minimum atomic E-state index is -0.434. The van der Waals surface area contributed by atoms with Gasteiger partial charge in [0.15, 0.2) is 5.11 Å². The van der Waals surface area contributed by atoms with Crippen LogP contribution in [0.25, 0.3) is 0 Å². The molecule has 0 radical (unpaired) electrons. The number of rotatable bonds is 5. The molecule has 0 fully saturated rings. The number of benzene rings is 2. The van der Waals surface area contributed by atoms with Gasteiger partial charge in [-0.3, -0.25) is 0 Å². The van der Waals surface area contributed by atoms with Gasteiger partial charge in [-0.2, -0.15) is 0 Å². The Morgan fingerprint density at radius 2 is 1.61 bits per heavy atom. The molecule has 0 aromatic heterocycles. The van der Waals surface area contributed by atoms with Crippen molar-refractivity contribution in [1.82, 2.24) is 10.2 Å². The molecule has 0 bridgehead atoms. The summed E-state index contributed by atoms with van der Waals surface area (Å²) in [5.74, 6) is -0.417. The number of urea groups is 1. The lowest BCUT2D eigenvalue weighted by molar-refractivity contribution is -0.136. The molecule has 7 nitrogen and oxygen atoms in total. The van der Waals surface area contributed by atoms with Crippen LogP contribution in [0.3, 0.4) is 0 Å². The van der Waals surface area contributed by atoms with E-state index in [-0.39, 0.29) is 6.03 Å². The maximum Gasteiger partial charge on any atom is 0.337 e. The third-order valence-electron chi connectivity index (χ3n) is 5.28. The van der Waals surface area contributed by atoms with Gasteiger partial charge in [0.1, 0.15) is 0 Å². The molecule has 2 aromatic carbocycles. The molecule has 1 atom stereocenters. The summed E-state index contributed by atoms with van der Waals surface area (Å²) >= 11 is 5.38. The molecule has 0 spiro atoms. The number of amides is 2. The maximum atomic E-state index is 12.4. The summed E-state index contributed by atoms with van der Waals surface area (Å²) in [5, 5.41) is 9.32. The average Bonchev–Trinajstić information content (AvgIpc) is 2.77. The van der Waals surface area contributed by atoms with Gasteiger partial charge < -0.3 is 25.6 Å². The van der Waals surface area contributed by atoms with Gasteiger partial charge in [0, 0.05) is 24.1 Å². The molecular weight excluding hydrogens is 412 g/mol. The monoisotopic (exact) mass is 438 g/mol. The minimum Gasteiger partial charge on any atom is -0.466 e. The molecule has 162 valence electrons. The van der Waals surface area contributed by atoms with Crippen LogP contribution in [0.5, 0.6) is 0 Å². The largest absolute Gasteiger partial charge is 0.466 e. The van der Waals surface area contributed by atoms with E-state index in [0.29, 0.717) is 16.4 Å². The highest BCUT2D eigenvalue weighted by atomic mass is 32.1. The van der Waals surface area contributed by atoms with E-state index in [2.05, 4.69) is 22.9 Å². The molecule has 2 amide bonds. The Morgan fingerprint density at radius 3 is 2.13 bits per heavy atom. The lowest BCUT2D eigenvalue weighted by Gasteiger charge is -2.35. The van der Waals surface area contributed by atoms with Crippen LogP contribution in [0.4, 0.5) is 16.2 Å². The Kier molecular flexibility index (Phi) is 6.91. The molecule has 3 rings (SSSR count). The highest BCUT2D eigenvalue weighted by molar-refractivity contribution is 7.80. The van der Waals surface area contributed by atoms with Crippen molar-refractivity contribution in [2.24, 2.45) is 0 Å². The molecular formula is C23H26N4O3S. The fraction of sp³-hybridized carbons (Fsp3) is 0.261. The number of anilines is 2. The number of methoxy groups -OCH3 is 1. The van der Waals surface area contributed by atoms with E-state index in [0.717, 1.165) is 23.4 Å². The molecule has 31 heavy (non-hydrogen) atoms. The molecule has 1 aliphatic heterocycles. The van der Waals surface area contributed by atoms with Crippen LogP contribution in [-0.2, 0) is 16.0 Å². The van der Waals surface area contributed by atoms with Crippen LogP contribution in [0.15, 0.2) is 59.8 Å². The van der Waals surface area contributed by atoms with Crippen molar-refractivity contribution < 1.29 is 14.3 Å². The van der Waals surface area contributed by atoms with E-state index in [1.54, 1.807) is 24.1 Å². The van der Waals surface area contributed by atoms with Crippen molar-refractivity contribution in [1.29, 1.82) is 0 Å². The van der Waals surface area contributed by atoms with E-state index in [4.69, 9.17) is 17.0 Å². The number of hydrogen-bond acceptors (Lipinski definition) is 4. The third kappa shape index (κ3) is 5.03. The first-order chi connectivity index (χ1) is 14.8. The van der Waals surface area contributed by atoms with Crippen molar-refractivity contribution in [3.63, 3.8) is 0 Å². The fourth-order valence-corrected chi connectivity index (χ4v) is 3.59. The summed E-state index contributed by atoms with van der Waals surface area (Å²) in [6.45, 7) is 3.92. The van der Waals surface area contributed by atoms with Gasteiger partial charge >= 0.3 is 12.0 Å². The van der Waals surface area contributed by atoms with Crippen molar-refractivity contribution in [3.05, 3.63) is 70.9 Å². The predicted octanol–water partition coefficient (Wildman–Crippen LogP) is 4.20. The molecule has 0 aliphatic carbocycles. The number of carbonyl (C=O) groups excluding carboxylic acids is 2. The van der Waals surface area contributed by atoms with Crippen LogP contribution in [0, 0.1) is 0 Å². The van der Waals surface area contributed by atoms with Gasteiger partial charge in [0.25, 0.3) is 0 Å². The first-order valence-electron chi connectivity index (χ1n) is 9.94. The van der Waals surface area contributed by atoms with E-state index in [9.17, 15) is 9.59 Å². The standard InChI is InChI=1S/C23H26N4O3S/c1-5-15-6-10-17(11-7-15)24-22(29)25-18-12-8-16(9-13-18)20-19(21(28)30-4)14(2)27(3)23(31)26-20/h6-13,20H,5H2,1-4H3,(H,26,31)(H2,24,25,29). The summed E-state index contributed by atoms with van der Waals surface area (Å²) < 4.78 is 4.97. The fourth-order valence-electron chi connectivity index (χ4n) is 3.34. The second-order valence-electron chi connectivity index (χ2n) is 7.18. The quantitative estimate of drug-likeness (QED) is 0.479. The number of nitrogens with one attached hydrogen (secondary N) is 3. The number of nitrogens with zero attached hydrogens (tertiary/aromatic N) is 1. The van der Waals surface area contributed by atoms with Crippen LogP contribution in [0.1, 0.15) is 31.0 Å². The minimum absolute atomic E-state index is 0.332. The first-order valence-corrected chi connectivity index (χ1v) is 10.3. The number of hydrogen-bond donors (Lipinski definition) is 3. The molecule has 1 aliphatic rings. The summed E-state index contributed by atoms with van der Waals surface area (Å²) in [7, 11) is 3.15. The SMILES string of the molecule is CCc1ccc(NC(=O)Nc2ccc(C3NC(=S)N(C)C(C)=C3C(=O)OC)cc2)cc1. The van der Waals surface area contributed by atoms with Crippen LogP contribution < -0.4 is 16.0 Å². The summed E-state index contributed by atoms with van der Waals surface area (Å²) in [4.78, 5) is 26.4. The van der Waals surface area contributed by atoms with E-state index in [1.807, 2.05) is 43.3 Å². The van der Waals surface area contributed by atoms with Crippen molar-refractivity contribution in [2.75, 3.05) is 24.8 Å². The second-order valence-corrected chi connectivity index (χ2v) is 7.57. The van der Waals surface area contributed by atoms with Gasteiger partial charge in [-0.1, -0.05) is 31.2 Å². The van der Waals surface area contributed by atoms with Gasteiger partial charge in [0.2, 0.25) is 0 Å². The number of allylic oxidation sites excluding steroid dienone is 1. The van der Waals surface area contributed by atoms with E-state index >= 15 is 0 Å². The van der Waals surface area contributed by atoms with Crippen LogP contribution in [-0.4, -0.2) is 36.2 Å². The number of carbonyl (C=O) groups is 2. The Morgan fingerprint density at radius 1 is 1.06 bits per heavy atom. The van der Waals surface area contributed by atoms with E-state index in [1.165, 1.54) is 12.7 Å². The second kappa shape index (κ2) is 9.61. The third-order valence-corrected chi connectivity index (χ3v) is 5.67. The van der Waals surface area contributed by atoms with Gasteiger partial charge in [0.05, 0.1) is 18.7 Å². The normalized spacial score (nSPS) is 15.9. The summed E-state index contributed by atoms with van der Waals surface area (Å²) in [5.41, 5.74) is 4.61. The molecule has 3 N–H and O–H groups in total. The lowest BCUT2D eigenvalue weighted by atomic mass is 9.95. The molecule has 2 aromatic rings. The van der Waals surface area contributed by atoms with Crippen molar-refractivity contribution >= 4 is 40.7 Å². The van der Waals surface area contributed by atoms with E-state index < -0.39 is 12.0 Å². The summed E-state index contributed by atoms with van der Waals surface area (Å²) in [6, 6.07) is 14.2.